The Balaban J connectivity index is 3.29. The van der Waals surface area contributed by atoms with Crippen LogP contribution in [0.4, 0.5) is 5.69 Å². The first-order valence-electron chi connectivity index (χ1n) is 4.45. The fraction of sp³-hybridized carbons (Fsp3) is 0.300. The molecule has 76 valence electrons. The molecular weight excluding hydrogens is 180 g/mol. The maximum absolute atomic E-state index is 10.9. The molecule has 1 aromatic carbocycles. The molecule has 0 aliphatic heterocycles. The average Bonchev–Trinajstić information content (AvgIpc) is 2.16. The van der Waals surface area contributed by atoms with Crippen LogP contribution in [0.15, 0.2) is 18.2 Å². The molecule has 0 saturated heterocycles. The quantitative estimate of drug-likeness (QED) is 0.634. The lowest BCUT2D eigenvalue weighted by atomic mass is 9.97. The van der Waals surface area contributed by atoms with Crippen molar-refractivity contribution in [2.24, 2.45) is 5.73 Å². The molecule has 4 nitrogen and oxygen atoms in total. The van der Waals surface area contributed by atoms with Gasteiger partial charge in [0.15, 0.2) is 0 Å². The smallest absolute Gasteiger partial charge is 0.336 e. The third-order valence-electron chi connectivity index (χ3n) is 2.18. The average molecular weight is 194 g/mol. The maximum Gasteiger partial charge on any atom is 0.336 e. The Bertz CT molecular complexity index is 350. The van der Waals surface area contributed by atoms with Crippen LogP contribution in [0.5, 0.6) is 0 Å². The highest BCUT2D eigenvalue weighted by molar-refractivity contribution is 5.91. The Labute approximate surface area is 82.5 Å². The summed E-state index contributed by atoms with van der Waals surface area (Å²) in [5.74, 6) is -0.990. The Hall–Kier alpha value is -1.55. The molecule has 1 atom stereocenters. The lowest BCUT2D eigenvalue weighted by Crippen LogP contribution is -2.16. The van der Waals surface area contributed by atoms with Gasteiger partial charge in [-0.15, -0.1) is 0 Å². The van der Waals surface area contributed by atoms with Crippen LogP contribution in [-0.2, 0) is 0 Å². The minimum Gasteiger partial charge on any atom is -0.478 e. The summed E-state index contributed by atoms with van der Waals surface area (Å²) in [6.45, 7) is 1.89. The van der Waals surface area contributed by atoms with Crippen LogP contribution in [0.3, 0.4) is 0 Å². The highest BCUT2D eigenvalue weighted by Gasteiger charge is 2.16. The molecule has 5 N–H and O–H groups in total. The molecular formula is C10H14N2O2. The topological polar surface area (TPSA) is 89.3 Å². The first kappa shape index (κ1) is 10.5. The molecule has 0 aliphatic rings. The van der Waals surface area contributed by atoms with Crippen molar-refractivity contribution in [3.63, 3.8) is 0 Å². The van der Waals surface area contributed by atoms with Gasteiger partial charge in [-0.05, 0) is 18.6 Å². The minimum atomic E-state index is -0.990. The Morgan fingerprint density at radius 2 is 2.21 bits per heavy atom. The van der Waals surface area contributed by atoms with E-state index in [9.17, 15) is 4.79 Å². The van der Waals surface area contributed by atoms with Crippen LogP contribution < -0.4 is 11.5 Å². The van der Waals surface area contributed by atoms with Crippen LogP contribution in [0.1, 0.15) is 35.3 Å². The third-order valence-corrected chi connectivity index (χ3v) is 2.18. The van der Waals surface area contributed by atoms with E-state index in [0.29, 0.717) is 17.7 Å². The van der Waals surface area contributed by atoms with Crippen molar-refractivity contribution < 1.29 is 9.90 Å². The van der Waals surface area contributed by atoms with Gasteiger partial charge in [0.25, 0.3) is 0 Å². The monoisotopic (exact) mass is 194 g/mol. The third kappa shape index (κ3) is 1.85. The zero-order valence-electron chi connectivity index (χ0n) is 8.03. The predicted molar refractivity (Wildman–Crippen MR) is 55.0 cm³/mol. The van der Waals surface area contributed by atoms with Gasteiger partial charge in [0.2, 0.25) is 0 Å². The van der Waals surface area contributed by atoms with E-state index >= 15 is 0 Å². The fourth-order valence-electron chi connectivity index (χ4n) is 1.39. The molecule has 0 saturated carbocycles. The van der Waals surface area contributed by atoms with E-state index in [0.717, 1.165) is 0 Å². The van der Waals surface area contributed by atoms with Gasteiger partial charge in [0, 0.05) is 17.3 Å². The minimum absolute atomic E-state index is 0.194. The molecule has 1 rings (SSSR count). The Morgan fingerprint density at radius 1 is 1.57 bits per heavy atom. The molecule has 4 heteroatoms. The van der Waals surface area contributed by atoms with Crippen LogP contribution in [0.25, 0.3) is 0 Å². The van der Waals surface area contributed by atoms with Crippen LogP contribution >= 0.6 is 0 Å². The van der Waals surface area contributed by atoms with Crippen LogP contribution in [0.2, 0.25) is 0 Å². The van der Waals surface area contributed by atoms with E-state index in [4.69, 9.17) is 16.6 Å². The molecule has 1 aromatic rings. The first-order chi connectivity index (χ1) is 6.57. The second-order valence-corrected chi connectivity index (χ2v) is 3.13. The summed E-state index contributed by atoms with van der Waals surface area (Å²) in [5.41, 5.74) is 12.7. The summed E-state index contributed by atoms with van der Waals surface area (Å²) in [6.07, 6.45) is 0.661. The van der Waals surface area contributed by atoms with Crippen molar-refractivity contribution in [3.8, 4) is 0 Å². The van der Waals surface area contributed by atoms with Crippen molar-refractivity contribution >= 4 is 11.7 Å². The summed E-state index contributed by atoms with van der Waals surface area (Å²) < 4.78 is 0. The van der Waals surface area contributed by atoms with E-state index < -0.39 is 5.97 Å². The summed E-state index contributed by atoms with van der Waals surface area (Å²) in [5, 5.41) is 8.92. The first-order valence-corrected chi connectivity index (χ1v) is 4.45. The van der Waals surface area contributed by atoms with Crippen molar-refractivity contribution in [1.29, 1.82) is 0 Å². The van der Waals surface area contributed by atoms with Crippen molar-refractivity contribution in [1.82, 2.24) is 0 Å². The lowest BCUT2D eigenvalue weighted by Gasteiger charge is -2.14. The van der Waals surface area contributed by atoms with Gasteiger partial charge in [-0.3, -0.25) is 0 Å². The fourth-order valence-corrected chi connectivity index (χ4v) is 1.39. The Kier molecular flexibility index (Phi) is 3.09. The number of nitrogen functional groups attached to an aromatic ring is 1. The summed E-state index contributed by atoms with van der Waals surface area (Å²) in [4.78, 5) is 10.9. The molecule has 0 amide bonds. The number of carboxylic acid groups (broad SMARTS) is 1. The zero-order valence-corrected chi connectivity index (χ0v) is 8.03. The molecule has 0 aromatic heterocycles. The van der Waals surface area contributed by atoms with Gasteiger partial charge < -0.3 is 16.6 Å². The van der Waals surface area contributed by atoms with Gasteiger partial charge in [0.05, 0.1) is 5.56 Å². The summed E-state index contributed by atoms with van der Waals surface area (Å²) >= 11 is 0. The molecule has 1 unspecified atom stereocenters. The SMILES string of the molecule is CCC(N)c1c(N)cccc1C(=O)O. The standard InChI is InChI=1S/C10H14N2O2/c1-2-7(11)9-6(10(13)14)4-3-5-8(9)12/h3-5,7H,2,11-12H2,1H3,(H,13,14). The van der Waals surface area contributed by atoms with Crippen LogP contribution in [0, 0.1) is 0 Å². The number of nitrogens with two attached hydrogens (primary N) is 2. The van der Waals surface area contributed by atoms with Crippen molar-refractivity contribution in [3.05, 3.63) is 29.3 Å². The highest BCUT2D eigenvalue weighted by atomic mass is 16.4. The van der Waals surface area contributed by atoms with Crippen molar-refractivity contribution in [2.45, 2.75) is 19.4 Å². The number of anilines is 1. The van der Waals surface area contributed by atoms with Gasteiger partial charge in [-0.1, -0.05) is 13.0 Å². The van der Waals surface area contributed by atoms with E-state index in [1.54, 1.807) is 12.1 Å². The number of benzene rings is 1. The van der Waals surface area contributed by atoms with E-state index in [-0.39, 0.29) is 11.6 Å². The molecule has 0 spiro atoms. The number of carboxylic acids is 1. The number of hydrogen-bond acceptors (Lipinski definition) is 3. The van der Waals surface area contributed by atoms with Gasteiger partial charge >= 0.3 is 5.97 Å². The molecule has 0 fully saturated rings. The second kappa shape index (κ2) is 4.11. The molecule has 0 bridgehead atoms. The highest BCUT2D eigenvalue weighted by Crippen LogP contribution is 2.25. The second-order valence-electron chi connectivity index (χ2n) is 3.13. The summed E-state index contributed by atoms with van der Waals surface area (Å²) in [6, 6.07) is 4.48. The lowest BCUT2D eigenvalue weighted by molar-refractivity contribution is 0.0695. The molecule has 0 aliphatic carbocycles. The molecule has 0 radical (unpaired) electrons. The van der Waals surface area contributed by atoms with Gasteiger partial charge in [-0.25, -0.2) is 4.79 Å². The molecule has 14 heavy (non-hydrogen) atoms. The Morgan fingerprint density at radius 3 is 2.71 bits per heavy atom. The van der Waals surface area contributed by atoms with Crippen LogP contribution in [-0.4, -0.2) is 11.1 Å². The van der Waals surface area contributed by atoms with E-state index in [2.05, 4.69) is 0 Å². The largest absolute Gasteiger partial charge is 0.478 e. The normalized spacial score (nSPS) is 12.4. The number of rotatable bonds is 3. The van der Waals surface area contributed by atoms with E-state index in [1.807, 2.05) is 6.92 Å². The number of aromatic carboxylic acids is 1. The van der Waals surface area contributed by atoms with Gasteiger partial charge in [-0.2, -0.15) is 0 Å². The predicted octanol–water partition coefficient (Wildman–Crippen LogP) is 1.38. The van der Waals surface area contributed by atoms with E-state index in [1.165, 1.54) is 6.07 Å². The maximum atomic E-state index is 10.9. The summed E-state index contributed by atoms with van der Waals surface area (Å²) in [7, 11) is 0. The number of hydrogen-bond donors (Lipinski definition) is 3. The number of carbonyl (C=O) groups is 1. The zero-order chi connectivity index (χ0) is 10.7. The molecule has 0 heterocycles. The van der Waals surface area contributed by atoms with Gasteiger partial charge in [0.1, 0.15) is 0 Å². The van der Waals surface area contributed by atoms with Crippen molar-refractivity contribution in [2.75, 3.05) is 5.73 Å².